The Morgan fingerprint density at radius 2 is 1.83 bits per heavy atom. The molecule has 3 nitrogen and oxygen atoms in total. The summed E-state index contributed by atoms with van der Waals surface area (Å²) in [7, 11) is 0. The fraction of sp³-hybridized carbons (Fsp3) is 0.867. The Labute approximate surface area is 111 Å². The Morgan fingerprint density at radius 1 is 1.28 bits per heavy atom. The summed E-state index contributed by atoms with van der Waals surface area (Å²) in [5.74, 6) is 0.526. The van der Waals surface area contributed by atoms with Crippen LogP contribution >= 0.6 is 0 Å². The predicted octanol–water partition coefficient (Wildman–Crippen LogP) is 3.36. The first-order valence-corrected chi connectivity index (χ1v) is 7.26. The van der Waals surface area contributed by atoms with Gasteiger partial charge in [0.1, 0.15) is 5.41 Å². The molecule has 0 aromatic heterocycles. The van der Waals surface area contributed by atoms with Crippen molar-refractivity contribution in [2.45, 2.75) is 59.3 Å². The van der Waals surface area contributed by atoms with Crippen LogP contribution in [0.2, 0.25) is 0 Å². The first-order chi connectivity index (χ1) is 8.55. The van der Waals surface area contributed by atoms with E-state index in [1.807, 2.05) is 11.8 Å². The minimum atomic E-state index is -0.735. The normalized spacial score (nSPS) is 19.1. The molecule has 0 aromatic rings. The summed E-state index contributed by atoms with van der Waals surface area (Å²) in [6.45, 7) is 7.70. The maximum Gasteiger partial charge on any atom is 0.243 e. The second-order valence-electron chi connectivity index (χ2n) is 5.85. The van der Waals surface area contributed by atoms with E-state index in [4.69, 9.17) is 0 Å². The first-order valence-electron chi connectivity index (χ1n) is 7.26. The molecule has 1 amide bonds. The van der Waals surface area contributed by atoms with Crippen molar-refractivity contribution in [1.82, 2.24) is 4.90 Å². The molecule has 0 bridgehead atoms. The second-order valence-corrected chi connectivity index (χ2v) is 5.85. The van der Waals surface area contributed by atoms with Gasteiger partial charge in [-0.3, -0.25) is 4.79 Å². The number of amides is 1. The minimum Gasteiger partial charge on any atom is -0.341 e. The van der Waals surface area contributed by atoms with Crippen molar-refractivity contribution < 1.29 is 4.79 Å². The summed E-state index contributed by atoms with van der Waals surface area (Å²) in [5.41, 5.74) is -0.735. The highest BCUT2D eigenvalue weighted by molar-refractivity contribution is 5.85. The zero-order chi connectivity index (χ0) is 13.6. The van der Waals surface area contributed by atoms with E-state index < -0.39 is 5.41 Å². The van der Waals surface area contributed by atoms with Crippen molar-refractivity contribution >= 4 is 5.91 Å². The Kier molecular flexibility index (Phi) is 5.65. The maximum atomic E-state index is 12.7. The van der Waals surface area contributed by atoms with Gasteiger partial charge in [-0.1, -0.05) is 39.5 Å². The molecule has 1 saturated carbocycles. The number of hydrogen-bond acceptors (Lipinski definition) is 2. The topological polar surface area (TPSA) is 44.1 Å². The lowest BCUT2D eigenvalue weighted by Crippen LogP contribution is -2.44. The van der Waals surface area contributed by atoms with Crippen LogP contribution < -0.4 is 0 Å². The quantitative estimate of drug-likeness (QED) is 0.718. The second kappa shape index (κ2) is 6.78. The van der Waals surface area contributed by atoms with Crippen molar-refractivity contribution in [1.29, 1.82) is 5.26 Å². The van der Waals surface area contributed by atoms with Crippen LogP contribution in [0.5, 0.6) is 0 Å². The molecule has 0 saturated heterocycles. The molecule has 102 valence electrons. The lowest BCUT2D eigenvalue weighted by Gasteiger charge is -2.32. The SMILES string of the molecule is CCN(CC(C)C)C(=O)C1(C#N)CCCCCC1. The van der Waals surface area contributed by atoms with Gasteiger partial charge in [0, 0.05) is 13.1 Å². The Morgan fingerprint density at radius 3 is 2.22 bits per heavy atom. The highest BCUT2D eigenvalue weighted by Crippen LogP contribution is 2.36. The molecule has 18 heavy (non-hydrogen) atoms. The van der Waals surface area contributed by atoms with Crippen LogP contribution in [0.4, 0.5) is 0 Å². The van der Waals surface area contributed by atoms with Gasteiger partial charge in [0.05, 0.1) is 6.07 Å². The van der Waals surface area contributed by atoms with Crippen LogP contribution in [0, 0.1) is 22.7 Å². The lowest BCUT2D eigenvalue weighted by molar-refractivity contribution is -0.140. The monoisotopic (exact) mass is 250 g/mol. The van der Waals surface area contributed by atoms with Crippen molar-refractivity contribution in [3.63, 3.8) is 0 Å². The van der Waals surface area contributed by atoms with Crippen LogP contribution in [-0.4, -0.2) is 23.9 Å². The smallest absolute Gasteiger partial charge is 0.243 e. The van der Waals surface area contributed by atoms with Crippen LogP contribution in [0.15, 0.2) is 0 Å². The standard InChI is InChI=1S/C15H26N2O/c1-4-17(11-13(2)3)14(18)15(12-16)9-7-5-6-8-10-15/h13H,4-11H2,1-3H3. The largest absolute Gasteiger partial charge is 0.341 e. The molecule has 0 spiro atoms. The third-order valence-corrected chi connectivity index (χ3v) is 3.83. The Hall–Kier alpha value is -1.04. The van der Waals surface area contributed by atoms with Gasteiger partial charge in [-0.25, -0.2) is 0 Å². The molecule has 0 unspecified atom stereocenters. The number of hydrogen-bond donors (Lipinski definition) is 0. The van der Waals surface area contributed by atoms with Crippen molar-refractivity contribution in [3.8, 4) is 6.07 Å². The fourth-order valence-corrected chi connectivity index (χ4v) is 2.80. The third kappa shape index (κ3) is 3.48. The highest BCUT2D eigenvalue weighted by atomic mass is 16.2. The van der Waals surface area contributed by atoms with Gasteiger partial charge < -0.3 is 4.90 Å². The van der Waals surface area contributed by atoms with Gasteiger partial charge in [-0.2, -0.15) is 5.26 Å². The van der Waals surface area contributed by atoms with E-state index >= 15 is 0 Å². The van der Waals surface area contributed by atoms with Crippen molar-refractivity contribution in [2.24, 2.45) is 11.3 Å². The van der Waals surface area contributed by atoms with E-state index in [0.717, 1.165) is 45.1 Å². The molecule has 0 heterocycles. The number of nitriles is 1. The first kappa shape index (κ1) is 15.0. The van der Waals surface area contributed by atoms with Crippen LogP contribution in [0.1, 0.15) is 59.3 Å². The number of rotatable bonds is 4. The summed E-state index contributed by atoms with van der Waals surface area (Å²) >= 11 is 0. The minimum absolute atomic E-state index is 0.0723. The van der Waals surface area contributed by atoms with Crippen LogP contribution in [0.25, 0.3) is 0 Å². The summed E-state index contributed by atoms with van der Waals surface area (Å²) < 4.78 is 0. The molecule has 0 N–H and O–H groups in total. The van der Waals surface area contributed by atoms with E-state index in [1.54, 1.807) is 0 Å². The number of nitrogens with zero attached hydrogens (tertiary/aromatic N) is 2. The van der Waals surface area contributed by atoms with Gasteiger partial charge in [0.2, 0.25) is 5.91 Å². The molecule has 0 atom stereocenters. The van der Waals surface area contributed by atoms with Crippen molar-refractivity contribution in [2.75, 3.05) is 13.1 Å². The van der Waals surface area contributed by atoms with Crippen LogP contribution in [-0.2, 0) is 4.79 Å². The summed E-state index contributed by atoms with van der Waals surface area (Å²) in [4.78, 5) is 14.5. The van der Waals surface area contributed by atoms with Gasteiger partial charge in [-0.05, 0) is 25.7 Å². The van der Waals surface area contributed by atoms with E-state index in [9.17, 15) is 10.1 Å². The van der Waals surface area contributed by atoms with Gasteiger partial charge >= 0.3 is 0 Å². The predicted molar refractivity (Wildman–Crippen MR) is 72.8 cm³/mol. The summed E-state index contributed by atoms with van der Waals surface area (Å²) in [5, 5.41) is 9.52. The van der Waals surface area contributed by atoms with E-state index in [2.05, 4.69) is 19.9 Å². The summed E-state index contributed by atoms with van der Waals surface area (Å²) in [6, 6.07) is 2.35. The average molecular weight is 250 g/mol. The molecule has 0 aromatic carbocycles. The molecule has 1 rings (SSSR count). The Balaban J connectivity index is 2.85. The van der Waals surface area contributed by atoms with E-state index in [-0.39, 0.29) is 5.91 Å². The molecular formula is C15H26N2O. The molecule has 1 fully saturated rings. The van der Waals surface area contributed by atoms with E-state index in [1.165, 1.54) is 0 Å². The molecule has 1 aliphatic carbocycles. The molecular weight excluding hydrogens is 224 g/mol. The van der Waals surface area contributed by atoms with Gasteiger partial charge in [-0.15, -0.1) is 0 Å². The zero-order valence-corrected chi connectivity index (χ0v) is 12.0. The zero-order valence-electron chi connectivity index (χ0n) is 12.0. The van der Waals surface area contributed by atoms with Crippen LogP contribution in [0.3, 0.4) is 0 Å². The average Bonchev–Trinajstić information content (AvgIpc) is 2.61. The lowest BCUT2D eigenvalue weighted by atomic mass is 9.80. The fourth-order valence-electron chi connectivity index (χ4n) is 2.80. The van der Waals surface area contributed by atoms with Crippen molar-refractivity contribution in [3.05, 3.63) is 0 Å². The molecule has 0 radical (unpaired) electrons. The summed E-state index contributed by atoms with van der Waals surface area (Å²) in [6.07, 6.45) is 5.84. The molecule has 3 heteroatoms. The molecule has 1 aliphatic rings. The van der Waals surface area contributed by atoms with Gasteiger partial charge in [0.15, 0.2) is 0 Å². The maximum absolute atomic E-state index is 12.7. The Bertz CT molecular complexity index is 309. The number of carbonyl (C=O) groups excluding carboxylic acids is 1. The number of carbonyl (C=O) groups is 1. The van der Waals surface area contributed by atoms with E-state index in [0.29, 0.717) is 12.5 Å². The third-order valence-electron chi connectivity index (χ3n) is 3.83. The highest BCUT2D eigenvalue weighted by Gasteiger charge is 2.41. The van der Waals surface area contributed by atoms with Gasteiger partial charge in [0.25, 0.3) is 0 Å². The molecule has 0 aliphatic heterocycles.